The zero-order valence-electron chi connectivity index (χ0n) is 13.0. The summed E-state index contributed by atoms with van der Waals surface area (Å²) in [5.41, 5.74) is 1.38. The van der Waals surface area contributed by atoms with E-state index in [1.165, 1.54) is 12.1 Å². The van der Waals surface area contributed by atoms with Gasteiger partial charge in [0.05, 0.1) is 17.0 Å². The molecular formula is C17H20FN3O2. The van der Waals surface area contributed by atoms with Crippen molar-refractivity contribution in [2.75, 3.05) is 13.1 Å². The van der Waals surface area contributed by atoms with Gasteiger partial charge in [0.15, 0.2) is 0 Å². The number of rotatable bonds is 3. The van der Waals surface area contributed by atoms with Gasteiger partial charge in [-0.1, -0.05) is 0 Å². The lowest BCUT2D eigenvalue weighted by Crippen LogP contribution is -2.33. The molecule has 1 aliphatic heterocycles. The van der Waals surface area contributed by atoms with Crippen molar-refractivity contribution in [2.24, 2.45) is 5.92 Å². The number of benzene rings is 1. The van der Waals surface area contributed by atoms with Crippen molar-refractivity contribution in [1.29, 1.82) is 0 Å². The summed E-state index contributed by atoms with van der Waals surface area (Å²) in [5, 5.41) is 31.6. The van der Waals surface area contributed by atoms with E-state index in [0.29, 0.717) is 11.3 Å². The zero-order chi connectivity index (χ0) is 16.4. The highest BCUT2D eigenvalue weighted by atomic mass is 19.1. The van der Waals surface area contributed by atoms with E-state index in [1.54, 1.807) is 19.1 Å². The third-order valence-electron chi connectivity index (χ3n) is 4.24. The Labute approximate surface area is 134 Å². The molecule has 3 N–H and O–H groups in total. The van der Waals surface area contributed by atoms with Gasteiger partial charge >= 0.3 is 0 Å². The Kier molecular flexibility index (Phi) is 4.54. The van der Waals surface area contributed by atoms with Gasteiger partial charge in [-0.3, -0.25) is 0 Å². The van der Waals surface area contributed by atoms with E-state index in [1.807, 2.05) is 0 Å². The summed E-state index contributed by atoms with van der Waals surface area (Å²) in [6.07, 6.45) is 1.27. The first kappa shape index (κ1) is 15.8. The lowest BCUT2D eigenvalue weighted by molar-refractivity contribution is 0.0876. The number of aryl methyl sites for hydroxylation is 1. The summed E-state index contributed by atoms with van der Waals surface area (Å²) in [6.45, 7) is 3.42. The van der Waals surface area contributed by atoms with Crippen LogP contribution in [0.1, 0.15) is 30.2 Å². The Morgan fingerprint density at radius 1 is 1.30 bits per heavy atom. The molecule has 1 fully saturated rings. The fraction of sp³-hybridized carbons (Fsp3) is 0.412. The predicted molar refractivity (Wildman–Crippen MR) is 84.4 cm³/mol. The standard InChI is InChI=1S/C17H20FN3O2/c1-10-7-12(18)16(15(22)8-10)13-4-5-14(21-20-13)17(23)11-3-2-6-19-9-11/h4-5,7-8,11,17,19,22-23H,2-3,6,9H2,1H3. The second-order valence-corrected chi connectivity index (χ2v) is 6.04. The summed E-state index contributed by atoms with van der Waals surface area (Å²) < 4.78 is 14.1. The van der Waals surface area contributed by atoms with Gasteiger partial charge < -0.3 is 15.5 Å². The summed E-state index contributed by atoms with van der Waals surface area (Å²) in [5.74, 6) is -0.600. The Hall–Kier alpha value is -2.05. The molecule has 2 heterocycles. The zero-order valence-corrected chi connectivity index (χ0v) is 13.0. The highest BCUT2D eigenvalue weighted by Crippen LogP contribution is 2.32. The number of nitrogens with zero attached hydrogens (tertiary/aromatic N) is 2. The van der Waals surface area contributed by atoms with Gasteiger partial charge in [0, 0.05) is 12.5 Å². The molecule has 122 valence electrons. The maximum atomic E-state index is 14.1. The summed E-state index contributed by atoms with van der Waals surface area (Å²) in [6, 6.07) is 6.04. The largest absolute Gasteiger partial charge is 0.507 e. The van der Waals surface area contributed by atoms with Crippen LogP contribution >= 0.6 is 0 Å². The minimum absolute atomic E-state index is 0.0310. The van der Waals surface area contributed by atoms with Crippen molar-refractivity contribution in [3.8, 4) is 17.0 Å². The third kappa shape index (κ3) is 3.33. The van der Waals surface area contributed by atoms with E-state index < -0.39 is 11.9 Å². The lowest BCUT2D eigenvalue weighted by Gasteiger charge is -2.26. The van der Waals surface area contributed by atoms with Gasteiger partial charge in [0.2, 0.25) is 0 Å². The summed E-state index contributed by atoms with van der Waals surface area (Å²) >= 11 is 0. The molecule has 0 bridgehead atoms. The Morgan fingerprint density at radius 3 is 2.74 bits per heavy atom. The molecule has 1 aliphatic rings. The second kappa shape index (κ2) is 6.60. The van der Waals surface area contributed by atoms with E-state index in [0.717, 1.165) is 25.9 Å². The molecule has 0 spiro atoms. The Morgan fingerprint density at radius 2 is 2.13 bits per heavy atom. The number of piperidine rings is 1. The number of phenolic OH excluding ortho intramolecular Hbond substituents is 1. The predicted octanol–water partition coefficient (Wildman–Crippen LogP) is 2.33. The van der Waals surface area contributed by atoms with Crippen LogP contribution in [0, 0.1) is 18.7 Å². The van der Waals surface area contributed by atoms with Gasteiger partial charge in [-0.2, -0.15) is 5.10 Å². The molecule has 23 heavy (non-hydrogen) atoms. The molecule has 2 aromatic rings. The molecule has 2 atom stereocenters. The first-order valence-corrected chi connectivity index (χ1v) is 7.78. The average molecular weight is 317 g/mol. The quantitative estimate of drug-likeness (QED) is 0.810. The Bertz CT molecular complexity index is 662. The normalized spacial score (nSPS) is 19.5. The van der Waals surface area contributed by atoms with Crippen LogP contribution in [0.2, 0.25) is 0 Å². The lowest BCUT2D eigenvalue weighted by atomic mass is 9.92. The van der Waals surface area contributed by atoms with E-state index in [9.17, 15) is 14.6 Å². The molecule has 6 heteroatoms. The van der Waals surface area contributed by atoms with E-state index in [-0.39, 0.29) is 22.9 Å². The minimum atomic E-state index is -0.694. The highest BCUT2D eigenvalue weighted by Gasteiger charge is 2.24. The molecule has 1 aromatic carbocycles. The number of hydrogen-bond donors (Lipinski definition) is 3. The van der Waals surface area contributed by atoms with Crippen molar-refractivity contribution >= 4 is 0 Å². The fourth-order valence-corrected chi connectivity index (χ4v) is 3.00. The van der Waals surface area contributed by atoms with Crippen molar-refractivity contribution in [3.63, 3.8) is 0 Å². The van der Waals surface area contributed by atoms with E-state index in [2.05, 4.69) is 15.5 Å². The number of aliphatic hydroxyl groups is 1. The number of phenols is 1. The number of hydrogen-bond acceptors (Lipinski definition) is 5. The SMILES string of the molecule is Cc1cc(O)c(-c2ccc(C(O)C3CCCNC3)nn2)c(F)c1. The van der Waals surface area contributed by atoms with Gasteiger partial charge in [-0.05, 0) is 56.1 Å². The molecule has 3 rings (SSSR count). The van der Waals surface area contributed by atoms with Crippen molar-refractivity contribution in [3.05, 3.63) is 41.3 Å². The third-order valence-corrected chi connectivity index (χ3v) is 4.24. The van der Waals surface area contributed by atoms with Crippen LogP contribution in [0.5, 0.6) is 5.75 Å². The highest BCUT2D eigenvalue weighted by molar-refractivity contribution is 5.67. The summed E-state index contributed by atoms with van der Waals surface area (Å²) in [4.78, 5) is 0. The fourth-order valence-electron chi connectivity index (χ4n) is 3.00. The maximum absolute atomic E-state index is 14.1. The molecule has 0 saturated carbocycles. The number of aliphatic hydroxyl groups excluding tert-OH is 1. The minimum Gasteiger partial charge on any atom is -0.507 e. The molecular weight excluding hydrogens is 297 g/mol. The van der Waals surface area contributed by atoms with Crippen molar-refractivity contribution < 1.29 is 14.6 Å². The van der Waals surface area contributed by atoms with Crippen LogP contribution in [0.3, 0.4) is 0 Å². The first-order valence-electron chi connectivity index (χ1n) is 7.78. The molecule has 0 amide bonds. The topological polar surface area (TPSA) is 78.3 Å². The average Bonchev–Trinajstić information content (AvgIpc) is 2.55. The van der Waals surface area contributed by atoms with E-state index in [4.69, 9.17) is 0 Å². The van der Waals surface area contributed by atoms with Gasteiger partial charge in [0.25, 0.3) is 0 Å². The van der Waals surface area contributed by atoms with Crippen molar-refractivity contribution in [1.82, 2.24) is 15.5 Å². The van der Waals surface area contributed by atoms with Gasteiger partial charge in [-0.15, -0.1) is 5.10 Å². The molecule has 0 aliphatic carbocycles. The molecule has 0 radical (unpaired) electrons. The smallest absolute Gasteiger partial charge is 0.136 e. The molecule has 1 aromatic heterocycles. The molecule has 1 saturated heterocycles. The maximum Gasteiger partial charge on any atom is 0.136 e. The Balaban J connectivity index is 1.85. The number of nitrogens with one attached hydrogen (secondary N) is 1. The van der Waals surface area contributed by atoms with Crippen molar-refractivity contribution in [2.45, 2.75) is 25.9 Å². The van der Waals surface area contributed by atoms with Crippen LogP contribution in [0.15, 0.2) is 24.3 Å². The van der Waals surface area contributed by atoms with Crippen LogP contribution in [-0.4, -0.2) is 33.5 Å². The second-order valence-electron chi connectivity index (χ2n) is 6.04. The number of halogens is 1. The van der Waals surface area contributed by atoms with Gasteiger partial charge in [0.1, 0.15) is 17.7 Å². The number of aromatic nitrogens is 2. The molecule has 2 unspecified atom stereocenters. The first-order chi connectivity index (χ1) is 11.1. The van der Waals surface area contributed by atoms with Crippen LogP contribution < -0.4 is 5.32 Å². The van der Waals surface area contributed by atoms with E-state index >= 15 is 0 Å². The number of aromatic hydroxyl groups is 1. The van der Waals surface area contributed by atoms with Crippen LogP contribution in [0.25, 0.3) is 11.3 Å². The van der Waals surface area contributed by atoms with Gasteiger partial charge in [-0.25, -0.2) is 4.39 Å². The van der Waals surface area contributed by atoms with Crippen LogP contribution in [-0.2, 0) is 0 Å². The van der Waals surface area contributed by atoms with Crippen LogP contribution in [0.4, 0.5) is 4.39 Å². The summed E-state index contributed by atoms with van der Waals surface area (Å²) in [7, 11) is 0. The monoisotopic (exact) mass is 317 g/mol. The molecule has 5 nitrogen and oxygen atoms in total.